The van der Waals surface area contributed by atoms with E-state index in [1.54, 1.807) is 20.3 Å². The van der Waals surface area contributed by atoms with Gasteiger partial charge >= 0.3 is 5.97 Å². The van der Waals surface area contributed by atoms with Crippen molar-refractivity contribution in [1.29, 1.82) is 0 Å². The number of esters is 1. The van der Waals surface area contributed by atoms with Crippen molar-refractivity contribution in [2.24, 2.45) is 0 Å². The summed E-state index contributed by atoms with van der Waals surface area (Å²) in [5.41, 5.74) is 4.89. The molecule has 0 atom stereocenters. The van der Waals surface area contributed by atoms with Crippen molar-refractivity contribution in [1.82, 2.24) is 0 Å². The van der Waals surface area contributed by atoms with Gasteiger partial charge < -0.3 is 14.2 Å². The number of methoxy groups -OCH3 is 2. The molecule has 0 aliphatic carbocycles. The molecule has 0 spiro atoms. The summed E-state index contributed by atoms with van der Waals surface area (Å²) < 4.78 is 15.4. The van der Waals surface area contributed by atoms with E-state index in [2.05, 4.69) is 79.7 Å². The van der Waals surface area contributed by atoms with E-state index in [1.165, 1.54) is 27.5 Å². The van der Waals surface area contributed by atoms with E-state index < -0.39 is 5.60 Å². The molecule has 9 rings (SSSR count). The predicted molar refractivity (Wildman–Crippen MR) is 292 cm³/mol. The largest absolute Gasteiger partial charge is 0.497 e. The Labute approximate surface area is 439 Å². The number of ether oxygens (including phenoxy) is 3. The van der Waals surface area contributed by atoms with Crippen LogP contribution in [-0.2, 0) is 43.0 Å². The molecule has 4 nitrogen and oxygen atoms in total. The first-order valence-electron chi connectivity index (χ1n) is 23.7. The van der Waals surface area contributed by atoms with Crippen molar-refractivity contribution in [2.75, 3.05) is 14.2 Å². The Morgan fingerprint density at radius 2 is 0.721 bits per heavy atom. The summed E-state index contributed by atoms with van der Waals surface area (Å²) in [4.78, 5) is 11.3. The molecule has 0 unspecified atom stereocenters. The number of hydrogen-bond donors (Lipinski definition) is 0. The van der Waals surface area contributed by atoms with Crippen LogP contribution in [0.3, 0.4) is 0 Å². The zero-order valence-corrected chi connectivity index (χ0v) is 46.8. The molecule has 0 saturated carbocycles. The average molecular weight is 990 g/mol. The van der Waals surface area contributed by atoms with Crippen LogP contribution < -0.4 is 9.47 Å². The first kappa shape index (κ1) is 66.5. The van der Waals surface area contributed by atoms with Gasteiger partial charge in [-0.05, 0) is 73.0 Å². The van der Waals surface area contributed by atoms with Gasteiger partial charge in [0.05, 0.1) is 19.8 Å². The Bertz CT molecular complexity index is 2080. The van der Waals surface area contributed by atoms with E-state index in [-0.39, 0.29) is 38.7 Å². The third kappa shape index (κ3) is 28.4. The van der Waals surface area contributed by atoms with Crippen LogP contribution in [-0.4, -0.2) is 20.2 Å². The maximum Gasteiger partial charge on any atom is 0.339 e. The molecule has 0 fully saturated rings. The summed E-state index contributed by atoms with van der Waals surface area (Å²) in [6.07, 6.45) is 0. The minimum Gasteiger partial charge on any atom is -0.497 e. The van der Waals surface area contributed by atoms with Crippen LogP contribution in [0.4, 0.5) is 0 Å². The van der Waals surface area contributed by atoms with Crippen molar-refractivity contribution in [3.05, 3.63) is 241 Å². The summed E-state index contributed by atoms with van der Waals surface area (Å²) in [7, 11) is 3.34. The van der Waals surface area contributed by atoms with Gasteiger partial charge in [-0.3, -0.25) is 0 Å². The zero-order valence-electron chi connectivity index (χ0n) is 43.9. The number of carbonyl (C=O) groups is 1. The van der Waals surface area contributed by atoms with Gasteiger partial charge in [0, 0.05) is 38.3 Å². The van der Waals surface area contributed by atoms with E-state index >= 15 is 0 Å². The van der Waals surface area contributed by atoms with Crippen LogP contribution in [0.2, 0.25) is 0 Å². The summed E-state index contributed by atoms with van der Waals surface area (Å²) in [6, 6.07) is 75.5. The average Bonchev–Trinajstić information content (AvgIpc) is 3.68. The van der Waals surface area contributed by atoms with Crippen LogP contribution in [0.1, 0.15) is 105 Å². The number of aryl methyl sites for hydroxylation is 1. The van der Waals surface area contributed by atoms with Crippen molar-refractivity contribution in [3.63, 3.8) is 0 Å². The van der Waals surface area contributed by atoms with Crippen molar-refractivity contribution in [2.45, 2.75) is 95.6 Å². The third-order valence-corrected chi connectivity index (χ3v) is 8.47. The summed E-state index contributed by atoms with van der Waals surface area (Å²) in [5.74, 6) is 1.53. The fourth-order valence-electron chi connectivity index (χ4n) is 5.45. The topological polar surface area (TPSA) is 44.8 Å². The first-order chi connectivity index (χ1) is 32.8. The van der Waals surface area contributed by atoms with Crippen LogP contribution in [0.15, 0.2) is 212 Å². The maximum atomic E-state index is 11.3. The summed E-state index contributed by atoms with van der Waals surface area (Å²) in [5, 5.41) is 2.62. The van der Waals surface area contributed by atoms with Gasteiger partial charge in [-0.15, -0.1) is 0 Å². The normalized spacial score (nSPS) is 9.84. The molecule has 68 heavy (non-hydrogen) atoms. The van der Waals surface area contributed by atoms with Gasteiger partial charge in [0.15, 0.2) is 0 Å². The van der Waals surface area contributed by atoms with Gasteiger partial charge in [-0.25, -0.2) is 4.79 Å². The smallest absolute Gasteiger partial charge is 0.339 e. The minimum absolute atomic E-state index is 0. The molecule has 5 heteroatoms. The summed E-state index contributed by atoms with van der Waals surface area (Å²) >= 11 is 0. The SMILES string of the molecule is CC.CC.CC.CC.CC.CC1(C)OC(=O)c2ccccc21.COc1ccc(-c2ccc(OC)cc2)cc1.Cc1ccccc1.[Y].[c-]1ccccc1.[c-]1ccccc1.c1ccc2ccccc2c1. The predicted octanol–water partition coefficient (Wildman–Crippen LogP) is 18.4. The van der Waals surface area contributed by atoms with Gasteiger partial charge in [0.25, 0.3) is 0 Å². The second kappa shape index (κ2) is 45.0. The molecular formula is C63H80O4Y-2. The Morgan fingerprint density at radius 3 is 0.985 bits per heavy atom. The minimum atomic E-state index is -0.451. The molecule has 0 amide bonds. The monoisotopic (exact) mass is 990 g/mol. The van der Waals surface area contributed by atoms with Crippen molar-refractivity contribution in [3.8, 4) is 22.6 Å². The van der Waals surface area contributed by atoms with Gasteiger partial charge in [0.2, 0.25) is 0 Å². The quantitative estimate of drug-likeness (QED) is 0.131. The molecule has 1 radical (unpaired) electrons. The molecular weight excluding hydrogens is 910 g/mol. The Hall–Kier alpha value is -5.81. The van der Waals surface area contributed by atoms with Crippen LogP contribution in [0.5, 0.6) is 11.5 Å². The number of rotatable bonds is 3. The molecule has 1 aliphatic heterocycles. The first-order valence-corrected chi connectivity index (χ1v) is 23.7. The third-order valence-electron chi connectivity index (χ3n) is 8.47. The van der Waals surface area contributed by atoms with Crippen LogP contribution in [0, 0.1) is 19.1 Å². The molecule has 1 aliphatic rings. The molecule has 8 aromatic carbocycles. The Balaban J connectivity index is -0.000000736. The van der Waals surface area contributed by atoms with E-state index in [1.807, 2.05) is 229 Å². The van der Waals surface area contributed by atoms with Crippen molar-refractivity contribution < 1.29 is 51.7 Å². The number of benzene rings is 8. The van der Waals surface area contributed by atoms with Gasteiger partial charge in [-0.2, -0.15) is 72.8 Å². The van der Waals surface area contributed by atoms with E-state index in [0.29, 0.717) is 5.56 Å². The second-order valence-electron chi connectivity index (χ2n) is 13.1. The summed E-state index contributed by atoms with van der Waals surface area (Å²) in [6.45, 7) is 25.9. The van der Waals surface area contributed by atoms with E-state index in [9.17, 15) is 4.79 Å². The maximum absolute atomic E-state index is 11.3. The van der Waals surface area contributed by atoms with E-state index in [4.69, 9.17) is 14.2 Å². The molecule has 361 valence electrons. The second-order valence-corrected chi connectivity index (χ2v) is 13.1. The fourth-order valence-corrected chi connectivity index (χ4v) is 5.45. The number of fused-ring (bicyclic) bond motifs is 2. The molecule has 8 aromatic rings. The van der Waals surface area contributed by atoms with E-state index in [0.717, 1.165) is 17.1 Å². The molecule has 0 N–H and O–H groups in total. The molecule has 1 heterocycles. The molecule has 0 saturated heterocycles. The number of carbonyl (C=O) groups excluding carboxylic acids is 1. The van der Waals surface area contributed by atoms with Gasteiger partial charge in [0.1, 0.15) is 17.1 Å². The van der Waals surface area contributed by atoms with Crippen LogP contribution in [0.25, 0.3) is 21.9 Å². The Kier molecular flexibility index (Phi) is 44.0. The van der Waals surface area contributed by atoms with Gasteiger partial charge in [-0.1, -0.05) is 196 Å². The molecule has 0 aromatic heterocycles. The number of cyclic esters (lactones) is 1. The Morgan fingerprint density at radius 1 is 0.412 bits per heavy atom. The van der Waals surface area contributed by atoms with Crippen LogP contribution >= 0.6 is 0 Å². The van der Waals surface area contributed by atoms with Crippen molar-refractivity contribution >= 4 is 16.7 Å². The molecule has 0 bridgehead atoms. The fraction of sp³-hybridized carbons (Fsp3) is 0.254. The number of hydrogen-bond acceptors (Lipinski definition) is 4. The standard InChI is InChI=1S/C14H14O2.C10H10O2.C10H8.C7H8.2C6H5.5C2H6.Y/c1-15-13-7-3-11(4-8-13)12-5-9-14(16-2)10-6-12;1-10(2)8-6-4-3-5-7(8)9(11)12-10;1-2-6-10-8-4-3-7-9(10)5-1;1-7-5-3-2-4-6-7;2*1-2-4-6-5-3-1;5*1-2;/h3-10H,1-2H3;3-6H,1-2H3;1-8H;2-6H,1H3;2*1-5H;5*1-2H3;/q;;;;2*-1;;;;;;. The zero-order chi connectivity index (χ0) is 50.6.